The molecule has 1 heterocycles. The maximum absolute atomic E-state index is 13.0. The lowest BCUT2D eigenvalue weighted by Crippen LogP contribution is -2.32. The van der Waals surface area contributed by atoms with Crippen LogP contribution in [0.5, 0.6) is 23.0 Å². The summed E-state index contributed by atoms with van der Waals surface area (Å²) in [4.78, 5) is 27.0. The average molecular weight is 598 g/mol. The fourth-order valence-electron chi connectivity index (χ4n) is 4.09. The Morgan fingerprint density at radius 1 is 0.902 bits per heavy atom. The van der Waals surface area contributed by atoms with E-state index in [4.69, 9.17) is 18.4 Å². The number of imide groups is 1. The van der Waals surface area contributed by atoms with Gasteiger partial charge in [-0.1, -0.05) is 32.0 Å². The van der Waals surface area contributed by atoms with Gasteiger partial charge in [0.2, 0.25) is 0 Å². The predicted molar refractivity (Wildman–Crippen MR) is 157 cm³/mol. The predicted octanol–water partition coefficient (Wildman–Crippen LogP) is 6.02. The van der Waals surface area contributed by atoms with Crippen LogP contribution in [-0.4, -0.2) is 51.8 Å². The molecule has 1 aliphatic rings. The maximum atomic E-state index is 13.0. The van der Waals surface area contributed by atoms with E-state index >= 15 is 0 Å². The number of hydrogen-bond acceptors (Lipinski definition) is 9. The Labute approximate surface area is 244 Å². The molecule has 3 aromatic carbocycles. The standard InChI is InChI=1S/C30H31NO8S2/c1-19(2)24-12-6-20(3)16-26(24)38-15-14-31-29(32)28(40-30(31)33)18-21-7-13-25(27(17-21)37-5)39-41(34,35)23-10-8-22(36-4)9-11-23/h6-13,16-19H,14-15H2,1-5H3/b28-18-. The molecule has 4 rings (SSSR count). The van der Waals surface area contributed by atoms with Crippen molar-refractivity contribution in [2.45, 2.75) is 31.6 Å². The minimum Gasteiger partial charge on any atom is -0.497 e. The fraction of sp³-hybridized carbons (Fsp3) is 0.267. The molecule has 0 saturated carbocycles. The molecule has 1 aliphatic heterocycles. The highest BCUT2D eigenvalue weighted by Crippen LogP contribution is 2.36. The number of thioether (sulfide) groups is 1. The summed E-state index contributed by atoms with van der Waals surface area (Å²) in [5.41, 5.74) is 2.64. The summed E-state index contributed by atoms with van der Waals surface area (Å²) >= 11 is 0.826. The average Bonchev–Trinajstić information content (AvgIpc) is 3.20. The summed E-state index contributed by atoms with van der Waals surface area (Å²) < 4.78 is 47.2. The van der Waals surface area contributed by atoms with Crippen LogP contribution in [-0.2, 0) is 14.9 Å². The number of carbonyl (C=O) groups is 2. The van der Waals surface area contributed by atoms with Crippen LogP contribution in [0, 0.1) is 6.92 Å². The van der Waals surface area contributed by atoms with E-state index in [0.717, 1.165) is 33.5 Å². The third kappa shape index (κ3) is 7.04. The molecule has 0 aromatic heterocycles. The monoisotopic (exact) mass is 597 g/mol. The number of benzene rings is 3. The number of carbonyl (C=O) groups excluding carboxylic acids is 2. The van der Waals surface area contributed by atoms with Crippen LogP contribution in [0.1, 0.15) is 36.5 Å². The SMILES string of the molecule is COc1ccc(S(=O)(=O)Oc2ccc(/C=C3\SC(=O)N(CCOc4cc(C)ccc4C(C)C)C3=O)cc2OC)cc1. The second-order valence-electron chi connectivity index (χ2n) is 9.50. The van der Waals surface area contributed by atoms with E-state index in [-0.39, 0.29) is 40.4 Å². The van der Waals surface area contributed by atoms with Crippen LogP contribution in [0.2, 0.25) is 0 Å². The highest BCUT2D eigenvalue weighted by atomic mass is 32.2. The second kappa shape index (κ2) is 12.7. The largest absolute Gasteiger partial charge is 0.497 e. The van der Waals surface area contributed by atoms with Gasteiger partial charge in [-0.25, -0.2) is 0 Å². The molecule has 0 bridgehead atoms. The van der Waals surface area contributed by atoms with Gasteiger partial charge in [0, 0.05) is 0 Å². The molecule has 1 saturated heterocycles. The third-order valence-electron chi connectivity index (χ3n) is 6.27. The van der Waals surface area contributed by atoms with Crippen molar-refractivity contribution in [1.29, 1.82) is 0 Å². The first-order valence-electron chi connectivity index (χ1n) is 12.8. The Morgan fingerprint density at radius 2 is 1.63 bits per heavy atom. The molecule has 2 amide bonds. The Balaban J connectivity index is 1.45. The Bertz CT molecular complexity index is 1580. The number of nitrogens with zero attached hydrogens (tertiary/aromatic N) is 1. The molecule has 0 radical (unpaired) electrons. The molecule has 0 N–H and O–H groups in total. The summed E-state index contributed by atoms with van der Waals surface area (Å²) in [6.45, 7) is 6.40. The van der Waals surface area contributed by atoms with Gasteiger partial charge in [0.15, 0.2) is 11.5 Å². The molecule has 3 aromatic rings. The molecule has 0 atom stereocenters. The normalized spacial score (nSPS) is 14.6. The van der Waals surface area contributed by atoms with Gasteiger partial charge in [-0.2, -0.15) is 8.42 Å². The van der Waals surface area contributed by atoms with E-state index in [1.54, 1.807) is 12.1 Å². The maximum Gasteiger partial charge on any atom is 0.339 e. The van der Waals surface area contributed by atoms with Gasteiger partial charge in [-0.05, 0) is 89.8 Å². The smallest absolute Gasteiger partial charge is 0.339 e. The zero-order chi connectivity index (χ0) is 29.7. The lowest BCUT2D eigenvalue weighted by Gasteiger charge is -2.17. The quantitative estimate of drug-likeness (QED) is 0.194. The first kappa shape index (κ1) is 30.0. The van der Waals surface area contributed by atoms with E-state index in [0.29, 0.717) is 11.3 Å². The van der Waals surface area contributed by atoms with E-state index < -0.39 is 21.3 Å². The zero-order valence-corrected chi connectivity index (χ0v) is 25.0. The van der Waals surface area contributed by atoms with Crippen LogP contribution in [0.15, 0.2) is 70.5 Å². The van der Waals surface area contributed by atoms with E-state index in [9.17, 15) is 18.0 Å². The van der Waals surface area contributed by atoms with Crippen LogP contribution < -0.4 is 18.4 Å². The van der Waals surface area contributed by atoms with E-state index in [1.165, 1.54) is 50.6 Å². The first-order chi connectivity index (χ1) is 19.5. The molecule has 1 fully saturated rings. The summed E-state index contributed by atoms with van der Waals surface area (Å²) in [7, 11) is -1.28. The van der Waals surface area contributed by atoms with Gasteiger partial charge in [0.1, 0.15) is 23.0 Å². The summed E-state index contributed by atoms with van der Waals surface area (Å²) in [6.07, 6.45) is 1.55. The van der Waals surface area contributed by atoms with Crippen molar-refractivity contribution in [3.8, 4) is 23.0 Å². The van der Waals surface area contributed by atoms with Crippen LogP contribution >= 0.6 is 11.8 Å². The number of hydrogen-bond donors (Lipinski definition) is 0. The van der Waals surface area contributed by atoms with Gasteiger partial charge < -0.3 is 18.4 Å². The molecule has 9 nitrogen and oxygen atoms in total. The van der Waals surface area contributed by atoms with Crippen molar-refractivity contribution in [3.63, 3.8) is 0 Å². The number of ether oxygens (including phenoxy) is 3. The van der Waals surface area contributed by atoms with Gasteiger partial charge in [-0.3, -0.25) is 14.5 Å². The third-order valence-corrected chi connectivity index (χ3v) is 8.43. The topological polar surface area (TPSA) is 108 Å². The molecule has 0 unspecified atom stereocenters. The molecular formula is C30H31NO8S2. The van der Waals surface area contributed by atoms with Crippen LogP contribution in [0.3, 0.4) is 0 Å². The minimum atomic E-state index is -4.14. The molecular weight excluding hydrogens is 566 g/mol. The number of aryl methyl sites for hydroxylation is 1. The molecule has 0 spiro atoms. The fourth-order valence-corrected chi connectivity index (χ4v) is 5.89. The van der Waals surface area contributed by atoms with Crippen molar-refractivity contribution in [1.82, 2.24) is 4.90 Å². The van der Waals surface area contributed by atoms with Crippen molar-refractivity contribution in [2.24, 2.45) is 0 Å². The van der Waals surface area contributed by atoms with Crippen molar-refractivity contribution in [3.05, 3.63) is 82.3 Å². The first-order valence-corrected chi connectivity index (χ1v) is 15.0. The summed E-state index contributed by atoms with van der Waals surface area (Å²) in [6, 6.07) is 16.3. The van der Waals surface area contributed by atoms with E-state index in [2.05, 4.69) is 13.8 Å². The Kier molecular flexibility index (Phi) is 9.29. The van der Waals surface area contributed by atoms with Gasteiger partial charge in [0.05, 0.1) is 25.7 Å². The van der Waals surface area contributed by atoms with Crippen molar-refractivity contribution in [2.75, 3.05) is 27.4 Å². The zero-order valence-electron chi connectivity index (χ0n) is 23.4. The van der Waals surface area contributed by atoms with Gasteiger partial charge in [-0.15, -0.1) is 0 Å². The Morgan fingerprint density at radius 3 is 2.29 bits per heavy atom. The minimum absolute atomic E-state index is 0.0253. The van der Waals surface area contributed by atoms with Crippen LogP contribution in [0.4, 0.5) is 4.79 Å². The highest BCUT2D eigenvalue weighted by molar-refractivity contribution is 8.18. The molecule has 11 heteroatoms. The lowest BCUT2D eigenvalue weighted by atomic mass is 10.0. The van der Waals surface area contributed by atoms with Crippen molar-refractivity contribution >= 4 is 39.1 Å². The number of amides is 2. The summed E-state index contributed by atoms with van der Waals surface area (Å²) in [5.74, 6) is 1.20. The summed E-state index contributed by atoms with van der Waals surface area (Å²) in [5, 5.41) is -0.393. The molecule has 0 aliphatic carbocycles. The van der Waals surface area contributed by atoms with E-state index in [1.807, 2.05) is 25.1 Å². The van der Waals surface area contributed by atoms with Gasteiger partial charge in [0.25, 0.3) is 11.1 Å². The molecule has 41 heavy (non-hydrogen) atoms. The highest BCUT2D eigenvalue weighted by Gasteiger charge is 2.35. The Hall–Kier alpha value is -3.96. The molecule has 216 valence electrons. The number of rotatable bonds is 11. The van der Waals surface area contributed by atoms with Crippen molar-refractivity contribution < 1.29 is 36.4 Å². The second-order valence-corrected chi connectivity index (χ2v) is 12.0. The van der Waals surface area contributed by atoms with Gasteiger partial charge >= 0.3 is 10.1 Å². The lowest BCUT2D eigenvalue weighted by molar-refractivity contribution is -0.123. The van der Waals surface area contributed by atoms with Crippen LogP contribution in [0.25, 0.3) is 6.08 Å². The number of methoxy groups -OCH3 is 2.